The van der Waals surface area contributed by atoms with Crippen LogP contribution in [0.3, 0.4) is 0 Å². The Morgan fingerprint density at radius 1 is 1.62 bits per heavy atom. The van der Waals surface area contributed by atoms with Crippen LogP contribution < -0.4 is 5.32 Å². The molecule has 0 radical (unpaired) electrons. The molecule has 1 heterocycles. The Morgan fingerprint density at radius 3 is 2.85 bits per heavy atom. The van der Waals surface area contributed by atoms with Gasteiger partial charge < -0.3 is 5.32 Å². The van der Waals surface area contributed by atoms with Gasteiger partial charge in [0.2, 0.25) is 0 Å². The van der Waals surface area contributed by atoms with E-state index in [2.05, 4.69) is 16.9 Å². The lowest BCUT2D eigenvalue weighted by molar-refractivity contribution is 0.575. The molecule has 0 bridgehead atoms. The average molecular weight is 184 g/mol. The normalized spacial score (nSPS) is 12.2. The molecule has 13 heavy (non-hydrogen) atoms. The van der Waals surface area contributed by atoms with Crippen molar-refractivity contribution >= 4 is 5.82 Å². The number of pyridine rings is 1. The van der Waals surface area contributed by atoms with Crippen molar-refractivity contribution in [2.45, 2.75) is 13.0 Å². The number of halogens is 2. The molecule has 1 N–H and O–H groups in total. The van der Waals surface area contributed by atoms with Crippen LogP contribution in [-0.4, -0.2) is 11.0 Å². The first kappa shape index (κ1) is 9.64. The summed E-state index contributed by atoms with van der Waals surface area (Å²) in [7, 11) is 0. The van der Waals surface area contributed by atoms with Crippen molar-refractivity contribution in [1.29, 1.82) is 0 Å². The number of hydrogen-bond donors (Lipinski definition) is 1. The molecule has 1 aromatic rings. The first-order valence-electron chi connectivity index (χ1n) is 3.83. The summed E-state index contributed by atoms with van der Waals surface area (Å²) >= 11 is 0. The summed E-state index contributed by atoms with van der Waals surface area (Å²) in [6.45, 7) is 5.31. The van der Waals surface area contributed by atoms with Crippen LogP contribution in [0.5, 0.6) is 0 Å². The van der Waals surface area contributed by atoms with Gasteiger partial charge >= 0.3 is 0 Å². The molecule has 0 aliphatic carbocycles. The highest BCUT2D eigenvalue weighted by Crippen LogP contribution is 2.12. The maximum Gasteiger partial charge on any atom is 0.168 e. The molecule has 1 atom stereocenters. The van der Waals surface area contributed by atoms with E-state index in [1.54, 1.807) is 13.0 Å². The van der Waals surface area contributed by atoms with Crippen molar-refractivity contribution in [3.8, 4) is 0 Å². The zero-order valence-electron chi connectivity index (χ0n) is 7.22. The molecule has 1 aromatic heterocycles. The van der Waals surface area contributed by atoms with E-state index in [1.807, 2.05) is 0 Å². The van der Waals surface area contributed by atoms with Crippen molar-refractivity contribution in [2.75, 3.05) is 5.32 Å². The molecule has 0 amide bonds. The summed E-state index contributed by atoms with van der Waals surface area (Å²) in [5.41, 5.74) is 0. The van der Waals surface area contributed by atoms with E-state index in [0.717, 1.165) is 12.3 Å². The van der Waals surface area contributed by atoms with E-state index in [4.69, 9.17) is 0 Å². The Balaban J connectivity index is 2.83. The van der Waals surface area contributed by atoms with Gasteiger partial charge in [-0.15, -0.1) is 6.58 Å². The largest absolute Gasteiger partial charge is 0.362 e. The van der Waals surface area contributed by atoms with Crippen molar-refractivity contribution in [3.63, 3.8) is 0 Å². The zero-order valence-corrected chi connectivity index (χ0v) is 7.22. The van der Waals surface area contributed by atoms with Crippen molar-refractivity contribution in [2.24, 2.45) is 0 Å². The molecule has 0 fully saturated rings. The minimum Gasteiger partial charge on any atom is -0.362 e. The van der Waals surface area contributed by atoms with E-state index in [0.29, 0.717) is 0 Å². The quantitative estimate of drug-likeness (QED) is 0.729. The molecular formula is C9H10F2N2. The summed E-state index contributed by atoms with van der Waals surface area (Å²) in [6.07, 6.45) is 2.56. The van der Waals surface area contributed by atoms with Crippen LogP contribution in [0.15, 0.2) is 24.9 Å². The second-order valence-corrected chi connectivity index (χ2v) is 2.65. The van der Waals surface area contributed by atoms with Gasteiger partial charge in [-0.1, -0.05) is 6.08 Å². The molecule has 70 valence electrons. The maximum absolute atomic E-state index is 12.9. The van der Waals surface area contributed by atoms with Crippen LogP contribution in [-0.2, 0) is 0 Å². The van der Waals surface area contributed by atoms with Gasteiger partial charge in [-0.2, -0.15) is 0 Å². The molecule has 4 heteroatoms. The number of nitrogens with zero attached hydrogens (tertiary/aromatic N) is 1. The summed E-state index contributed by atoms with van der Waals surface area (Å²) in [5, 5.41) is 2.72. The van der Waals surface area contributed by atoms with E-state index >= 15 is 0 Å². The van der Waals surface area contributed by atoms with Crippen LogP contribution >= 0.6 is 0 Å². The summed E-state index contributed by atoms with van der Waals surface area (Å²) in [5.74, 6) is -1.35. The number of aromatic nitrogens is 1. The first-order valence-corrected chi connectivity index (χ1v) is 3.83. The minimum absolute atomic E-state index is 0.0359. The van der Waals surface area contributed by atoms with E-state index < -0.39 is 11.6 Å². The monoisotopic (exact) mass is 184 g/mol. The van der Waals surface area contributed by atoms with Gasteiger partial charge in [0.25, 0.3) is 0 Å². The van der Waals surface area contributed by atoms with Crippen molar-refractivity contribution < 1.29 is 8.78 Å². The van der Waals surface area contributed by atoms with Crippen LogP contribution in [0, 0.1) is 11.6 Å². The highest BCUT2D eigenvalue weighted by molar-refractivity contribution is 5.37. The molecular weight excluding hydrogens is 174 g/mol. The fraction of sp³-hybridized carbons (Fsp3) is 0.222. The van der Waals surface area contributed by atoms with Crippen LogP contribution in [0.25, 0.3) is 0 Å². The van der Waals surface area contributed by atoms with Gasteiger partial charge in [0.15, 0.2) is 11.6 Å². The predicted molar refractivity (Wildman–Crippen MR) is 47.4 cm³/mol. The molecule has 0 spiro atoms. The lowest BCUT2D eigenvalue weighted by atomic mass is 10.3. The van der Waals surface area contributed by atoms with E-state index in [-0.39, 0.29) is 11.9 Å². The predicted octanol–water partition coefficient (Wildman–Crippen LogP) is 2.35. The van der Waals surface area contributed by atoms with Crippen molar-refractivity contribution in [3.05, 3.63) is 36.6 Å². The molecule has 2 nitrogen and oxygen atoms in total. The fourth-order valence-corrected chi connectivity index (χ4v) is 0.795. The highest BCUT2D eigenvalue weighted by Gasteiger charge is 2.06. The zero-order chi connectivity index (χ0) is 9.84. The second kappa shape index (κ2) is 3.98. The highest BCUT2D eigenvalue weighted by atomic mass is 19.1. The second-order valence-electron chi connectivity index (χ2n) is 2.65. The number of rotatable bonds is 3. The third-order valence-corrected chi connectivity index (χ3v) is 1.53. The van der Waals surface area contributed by atoms with Crippen LogP contribution in [0.1, 0.15) is 6.92 Å². The van der Waals surface area contributed by atoms with E-state index in [9.17, 15) is 8.78 Å². The van der Waals surface area contributed by atoms with Gasteiger partial charge in [0, 0.05) is 12.1 Å². The Kier molecular flexibility index (Phi) is 2.95. The standard InChI is InChI=1S/C9H10F2N2/c1-3-6(2)13-9-8(11)4-7(10)5-12-9/h3-6H,1H2,2H3,(H,12,13). The smallest absolute Gasteiger partial charge is 0.168 e. The third-order valence-electron chi connectivity index (χ3n) is 1.53. The number of hydrogen-bond acceptors (Lipinski definition) is 2. The first-order chi connectivity index (χ1) is 6.13. The van der Waals surface area contributed by atoms with Gasteiger partial charge in [0.1, 0.15) is 5.82 Å². The third kappa shape index (κ3) is 2.50. The summed E-state index contributed by atoms with van der Waals surface area (Å²) < 4.78 is 25.4. The van der Waals surface area contributed by atoms with Crippen LogP contribution in [0.2, 0.25) is 0 Å². The molecule has 1 rings (SSSR count). The summed E-state index contributed by atoms with van der Waals surface area (Å²) in [6, 6.07) is 0.679. The minimum atomic E-state index is -0.700. The average Bonchev–Trinajstić information content (AvgIpc) is 2.09. The Morgan fingerprint density at radius 2 is 2.31 bits per heavy atom. The number of anilines is 1. The lowest BCUT2D eigenvalue weighted by Gasteiger charge is -2.09. The fourth-order valence-electron chi connectivity index (χ4n) is 0.795. The molecule has 0 aromatic carbocycles. The lowest BCUT2D eigenvalue weighted by Crippen LogP contribution is -2.13. The molecule has 1 unspecified atom stereocenters. The van der Waals surface area contributed by atoms with Gasteiger partial charge in [-0.25, -0.2) is 13.8 Å². The van der Waals surface area contributed by atoms with Gasteiger partial charge in [-0.05, 0) is 6.92 Å². The molecule has 0 aliphatic rings. The Bertz CT molecular complexity index is 312. The van der Waals surface area contributed by atoms with Gasteiger partial charge in [0.05, 0.1) is 6.20 Å². The molecule has 0 saturated carbocycles. The van der Waals surface area contributed by atoms with E-state index in [1.165, 1.54) is 0 Å². The topological polar surface area (TPSA) is 24.9 Å². The SMILES string of the molecule is C=CC(C)Nc1ncc(F)cc1F. The van der Waals surface area contributed by atoms with Crippen LogP contribution in [0.4, 0.5) is 14.6 Å². The summed E-state index contributed by atoms with van der Waals surface area (Å²) in [4.78, 5) is 3.56. The van der Waals surface area contributed by atoms with Gasteiger partial charge in [-0.3, -0.25) is 0 Å². The Hall–Kier alpha value is -1.45. The number of nitrogens with one attached hydrogen (secondary N) is 1. The Labute approximate surface area is 75.3 Å². The molecule has 0 saturated heterocycles. The van der Waals surface area contributed by atoms with Crippen molar-refractivity contribution in [1.82, 2.24) is 4.98 Å². The molecule has 0 aliphatic heterocycles. The maximum atomic E-state index is 12.9.